The maximum absolute atomic E-state index is 9.30. The fourth-order valence-electron chi connectivity index (χ4n) is 5.01. The van der Waals surface area contributed by atoms with Crippen LogP contribution in [0.4, 0.5) is 0 Å². The number of aliphatic hydroxyl groups is 2. The SMILES string of the molecule is C=N/C=C(\SCC(/C=C\CO)=C/C(C#CC)CC(C)C)c1cccc2c1CCC2NC.CCCN1CCC1.CCO. The van der Waals surface area contributed by atoms with Crippen LogP contribution in [0.3, 0.4) is 0 Å². The maximum atomic E-state index is 9.30. The summed E-state index contributed by atoms with van der Waals surface area (Å²) in [6.45, 7) is 18.3. The Balaban J connectivity index is 0.000000709. The van der Waals surface area contributed by atoms with E-state index in [-0.39, 0.29) is 19.1 Å². The van der Waals surface area contributed by atoms with Crippen molar-refractivity contribution in [3.8, 4) is 11.8 Å². The fraction of sp³-hybridized carbons (Fsp3) is 0.571. The molecule has 1 aromatic carbocycles. The number of allylic oxidation sites excluding steroid dienone is 2. The largest absolute Gasteiger partial charge is 0.397 e. The second-order valence-electron chi connectivity index (χ2n) is 10.7. The van der Waals surface area contributed by atoms with Crippen molar-refractivity contribution in [2.75, 3.05) is 45.6 Å². The lowest BCUT2D eigenvalue weighted by molar-refractivity contribution is 0.182. The number of likely N-dealkylation sites (tertiary alicyclic amines) is 1. The van der Waals surface area contributed by atoms with Gasteiger partial charge in [0, 0.05) is 35.4 Å². The predicted molar refractivity (Wildman–Crippen MR) is 181 cm³/mol. The molecule has 41 heavy (non-hydrogen) atoms. The fourth-order valence-corrected chi connectivity index (χ4v) is 6.02. The van der Waals surface area contributed by atoms with Crippen LogP contribution in [0.5, 0.6) is 0 Å². The first kappa shape index (κ1) is 36.9. The molecule has 5 nitrogen and oxygen atoms in total. The van der Waals surface area contributed by atoms with Gasteiger partial charge in [-0.2, -0.15) is 0 Å². The molecule has 6 heteroatoms. The average molecular weight is 582 g/mol. The number of fused-ring (bicyclic) bond motifs is 1. The Kier molecular flexibility index (Phi) is 20.2. The highest BCUT2D eigenvalue weighted by atomic mass is 32.2. The van der Waals surface area contributed by atoms with Crippen molar-refractivity contribution in [3.63, 3.8) is 0 Å². The molecule has 0 saturated carbocycles. The highest BCUT2D eigenvalue weighted by Crippen LogP contribution is 2.39. The normalized spacial score (nSPS) is 17.4. The number of aliphatic hydroxyl groups excluding tert-OH is 2. The van der Waals surface area contributed by atoms with Gasteiger partial charge in [-0.25, -0.2) is 0 Å². The molecule has 2 aliphatic rings. The molecule has 1 aliphatic heterocycles. The van der Waals surface area contributed by atoms with Crippen LogP contribution < -0.4 is 5.32 Å². The van der Waals surface area contributed by atoms with Gasteiger partial charge in [0.25, 0.3) is 0 Å². The van der Waals surface area contributed by atoms with E-state index in [4.69, 9.17) is 5.11 Å². The zero-order chi connectivity index (χ0) is 30.5. The second-order valence-corrected chi connectivity index (χ2v) is 11.7. The van der Waals surface area contributed by atoms with Gasteiger partial charge in [-0.1, -0.05) is 63.1 Å². The summed E-state index contributed by atoms with van der Waals surface area (Å²) in [5, 5.41) is 20.3. The summed E-state index contributed by atoms with van der Waals surface area (Å²) in [6, 6.07) is 6.98. The quantitative estimate of drug-likeness (QED) is 0.135. The third-order valence-electron chi connectivity index (χ3n) is 6.88. The van der Waals surface area contributed by atoms with Gasteiger partial charge in [0.2, 0.25) is 0 Å². The maximum Gasteiger partial charge on any atom is 0.0615 e. The first-order chi connectivity index (χ1) is 19.9. The third-order valence-corrected chi connectivity index (χ3v) is 8.00. The molecule has 1 heterocycles. The first-order valence-electron chi connectivity index (χ1n) is 15.2. The Hall–Kier alpha value is -2.14. The third kappa shape index (κ3) is 14.1. The van der Waals surface area contributed by atoms with E-state index in [0.717, 1.165) is 29.9 Å². The molecule has 2 atom stereocenters. The molecule has 1 saturated heterocycles. The van der Waals surface area contributed by atoms with Crippen molar-refractivity contribution in [1.29, 1.82) is 0 Å². The zero-order valence-corrected chi connectivity index (χ0v) is 27.3. The Bertz CT molecular complexity index is 1030. The number of benzene rings is 1. The summed E-state index contributed by atoms with van der Waals surface area (Å²) in [7, 11) is 2.03. The van der Waals surface area contributed by atoms with Gasteiger partial charge in [0.05, 0.1) is 6.61 Å². The van der Waals surface area contributed by atoms with Crippen molar-refractivity contribution in [3.05, 3.63) is 64.9 Å². The molecule has 3 N–H and O–H groups in total. The Morgan fingerprint density at radius 3 is 2.51 bits per heavy atom. The van der Waals surface area contributed by atoms with Gasteiger partial charge in [-0.05, 0) is 108 Å². The molecule has 0 amide bonds. The molecule has 228 valence electrons. The molecule has 1 aromatic rings. The van der Waals surface area contributed by atoms with Crippen LogP contribution in [0.2, 0.25) is 0 Å². The number of hydrogen-bond donors (Lipinski definition) is 3. The van der Waals surface area contributed by atoms with Crippen LogP contribution >= 0.6 is 11.8 Å². The monoisotopic (exact) mass is 581 g/mol. The molecule has 0 bridgehead atoms. The molecule has 3 rings (SSSR count). The van der Waals surface area contributed by atoms with Crippen LogP contribution in [0.15, 0.2) is 53.2 Å². The van der Waals surface area contributed by atoms with E-state index >= 15 is 0 Å². The van der Waals surface area contributed by atoms with Gasteiger partial charge < -0.3 is 20.4 Å². The van der Waals surface area contributed by atoms with E-state index in [0.29, 0.717) is 12.0 Å². The molecular weight excluding hydrogens is 526 g/mol. The number of rotatable bonds is 13. The van der Waals surface area contributed by atoms with Gasteiger partial charge in [-0.15, -0.1) is 17.7 Å². The van der Waals surface area contributed by atoms with Gasteiger partial charge in [-0.3, -0.25) is 4.99 Å². The lowest BCUT2D eigenvalue weighted by Crippen LogP contribution is -2.37. The lowest BCUT2D eigenvalue weighted by Gasteiger charge is -2.29. The van der Waals surface area contributed by atoms with E-state index < -0.39 is 0 Å². The van der Waals surface area contributed by atoms with Crippen LogP contribution in [0.25, 0.3) is 4.91 Å². The number of nitrogens with zero attached hydrogens (tertiary/aromatic N) is 2. The van der Waals surface area contributed by atoms with E-state index in [1.54, 1.807) is 24.8 Å². The van der Waals surface area contributed by atoms with Crippen LogP contribution in [-0.2, 0) is 6.42 Å². The van der Waals surface area contributed by atoms with Crippen molar-refractivity contribution in [1.82, 2.24) is 10.2 Å². The first-order valence-corrected chi connectivity index (χ1v) is 16.2. The smallest absolute Gasteiger partial charge is 0.0615 e. The van der Waals surface area contributed by atoms with E-state index in [1.807, 2.05) is 26.2 Å². The Labute approximate surface area is 255 Å². The van der Waals surface area contributed by atoms with Crippen molar-refractivity contribution in [2.45, 2.75) is 72.8 Å². The minimum atomic E-state index is 0.0326. The highest BCUT2D eigenvalue weighted by Gasteiger charge is 2.24. The number of hydrogen-bond acceptors (Lipinski definition) is 6. The summed E-state index contributed by atoms with van der Waals surface area (Å²) in [5.74, 6) is 7.97. The van der Waals surface area contributed by atoms with Crippen LogP contribution in [-0.4, -0.2) is 67.5 Å². The summed E-state index contributed by atoms with van der Waals surface area (Å²) < 4.78 is 0. The van der Waals surface area contributed by atoms with Gasteiger partial charge in [0.1, 0.15) is 0 Å². The summed E-state index contributed by atoms with van der Waals surface area (Å²) >= 11 is 1.77. The van der Waals surface area contributed by atoms with Crippen molar-refractivity contribution >= 4 is 23.4 Å². The number of aliphatic imine (C=N–C) groups is 1. The van der Waals surface area contributed by atoms with E-state index in [1.165, 1.54) is 54.7 Å². The number of nitrogens with one attached hydrogen (secondary N) is 1. The Morgan fingerprint density at radius 2 is 2.00 bits per heavy atom. The second kappa shape index (κ2) is 22.5. The highest BCUT2D eigenvalue weighted by molar-refractivity contribution is 8.08. The van der Waals surface area contributed by atoms with Crippen molar-refractivity contribution < 1.29 is 10.2 Å². The standard InChI is InChI=1S/C27H36N2OS.C6H13N.C2H6O/c1-6-9-21(16-20(2)3)17-22(10-8-15-30)19-31-27(18-28-4)25-12-7-11-24-23(25)13-14-26(24)29-5;1-2-4-7-5-3-6-7;1-2-3/h7-8,10-12,17-18,20-21,26,29-30H,4,13-16,19H2,1-3,5H3;2-6H2,1H3;3H,2H2,1H3/b10-8-,22-17+,27-18-;;. The summed E-state index contributed by atoms with van der Waals surface area (Å²) in [4.78, 5) is 7.72. The molecule has 2 unspecified atom stereocenters. The van der Waals surface area contributed by atoms with Crippen LogP contribution in [0, 0.1) is 23.7 Å². The van der Waals surface area contributed by atoms with E-state index in [2.05, 4.69) is 78.8 Å². The minimum absolute atomic E-state index is 0.0326. The lowest BCUT2D eigenvalue weighted by atomic mass is 9.95. The molecule has 1 aliphatic carbocycles. The molecule has 1 fully saturated rings. The van der Waals surface area contributed by atoms with Gasteiger partial charge >= 0.3 is 0 Å². The van der Waals surface area contributed by atoms with Crippen molar-refractivity contribution in [2.24, 2.45) is 16.8 Å². The minimum Gasteiger partial charge on any atom is -0.397 e. The molecule has 0 radical (unpaired) electrons. The molecular formula is C35H55N3O2S. The summed E-state index contributed by atoms with van der Waals surface area (Å²) in [5.41, 5.74) is 5.23. The van der Waals surface area contributed by atoms with Crippen LogP contribution in [0.1, 0.15) is 83.0 Å². The Morgan fingerprint density at radius 1 is 1.27 bits per heavy atom. The van der Waals surface area contributed by atoms with E-state index in [9.17, 15) is 5.11 Å². The number of thioether (sulfide) groups is 1. The summed E-state index contributed by atoms with van der Waals surface area (Å²) in [6.07, 6.45) is 13.9. The predicted octanol–water partition coefficient (Wildman–Crippen LogP) is 6.89. The molecule has 0 spiro atoms. The molecule has 0 aromatic heterocycles. The van der Waals surface area contributed by atoms with Gasteiger partial charge in [0.15, 0.2) is 0 Å². The topological polar surface area (TPSA) is 68.1 Å². The zero-order valence-electron chi connectivity index (χ0n) is 26.5. The average Bonchev–Trinajstić information content (AvgIpc) is 3.35.